The average molecular weight is 246 g/mol. The molecule has 0 aliphatic heterocycles. The monoisotopic (exact) mass is 246 g/mol. The molecule has 2 heteroatoms. The summed E-state index contributed by atoms with van der Waals surface area (Å²) in [7, 11) is 1.62. The molecule has 2 nitrogen and oxygen atoms in total. The maximum atomic E-state index is 12.3. The third-order valence-electron chi connectivity index (χ3n) is 3.88. The molecule has 1 aliphatic carbocycles. The topological polar surface area (TPSA) is 26.3 Å². The van der Waals surface area contributed by atoms with Gasteiger partial charge in [0.2, 0.25) is 0 Å². The first kappa shape index (κ1) is 13.3. The largest absolute Gasteiger partial charge is 0.373 e. The maximum absolute atomic E-state index is 12.3. The Morgan fingerprint density at radius 2 is 2.22 bits per heavy atom. The summed E-state index contributed by atoms with van der Waals surface area (Å²) < 4.78 is 5.30. The standard InChI is InChI=1S/C16H22O2/c1-3-6-15(18-2)16(17)14-10-5-9-13(11-14)12-7-4-8-12/h5,9-12,15H,3-4,6-8H2,1-2H3. The van der Waals surface area contributed by atoms with Crippen LogP contribution < -0.4 is 0 Å². The second-order valence-corrected chi connectivity index (χ2v) is 5.13. The Morgan fingerprint density at radius 3 is 2.78 bits per heavy atom. The Balaban J connectivity index is 2.13. The lowest BCUT2D eigenvalue weighted by Gasteiger charge is -2.26. The Kier molecular flexibility index (Phi) is 4.54. The van der Waals surface area contributed by atoms with Crippen LogP contribution in [0.4, 0.5) is 0 Å². The van der Waals surface area contributed by atoms with Gasteiger partial charge in [0.25, 0.3) is 0 Å². The van der Waals surface area contributed by atoms with Gasteiger partial charge in [0.1, 0.15) is 6.10 Å². The zero-order chi connectivity index (χ0) is 13.0. The van der Waals surface area contributed by atoms with E-state index in [1.807, 2.05) is 12.1 Å². The number of carbonyl (C=O) groups is 1. The second kappa shape index (κ2) is 6.14. The molecular formula is C16H22O2. The van der Waals surface area contributed by atoms with E-state index in [0.29, 0.717) is 5.92 Å². The number of hydrogen-bond donors (Lipinski definition) is 0. The minimum Gasteiger partial charge on any atom is -0.373 e. The van der Waals surface area contributed by atoms with Gasteiger partial charge in [0.05, 0.1) is 0 Å². The predicted molar refractivity (Wildman–Crippen MR) is 73.1 cm³/mol. The first-order valence-corrected chi connectivity index (χ1v) is 6.93. The fourth-order valence-corrected chi connectivity index (χ4v) is 2.49. The fourth-order valence-electron chi connectivity index (χ4n) is 2.49. The van der Waals surface area contributed by atoms with Crippen molar-refractivity contribution in [3.8, 4) is 0 Å². The molecule has 1 aromatic rings. The van der Waals surface area contributed by atoms with E-state index >= 15 is 0 Å². The van der Waals surface area contributed by atoms with Crippen LogP contribution in [0.5, 0.6) is 0 Å². The first-order valence-electron chi connectivity index (χ1n) is 6.93. The number of rotatable bonds is 6. The molecule has 0 aromatic heterocycles. The van der Waals surface area contributed by atoms with E-state index in [9.17, 15) is 4.79 Å². The highest BCUT2D eigenvalue weighted by atomic mass is 16.5. The van der Waals surface area contributed by atoms with Crippen molar-refractivity contribution in [2.24, 2.45) is 0 Å². The van der Waals surface area contributed by atoms with Gasteiger partial charge >= 0.3 is 0 Å². The number of hydrogen-bond acceptors (Lipinski definition) is 2. The van der Waals surface area contributed by atoms with E-state index in [1.54, 1.807) is 7.11 Å². The average Bonchev–Trinajstić information content (AvgIpc) is 2.33. The van der Waals surface area contributed by atoms with Crippen molar-refractivity contribution in [1.82, 2.24) is 0 Å². The summed E-state index contributed by atoms with van der Waals surface area (Å²) in [6.45, 7) is 2.07. The van der Waals surface area contributed by atoms with Crippen molar-refractivity contribution in [2.75, 3.05) is 7.11 Å². The molecule has 98 valence electrons. The fraction of sp³-hybridized carbons (Fsp3) is 0.562. The van der Waals surface area contributed by atoms with Crippen molar-refractivity contribution >= 4 is 5.78 Å². The minimum atomic E-state index is -0.286. The summed E-state index contributed by atoms with van der Waals surface area (Å²) in [6, 6.07) is 8.11. The summed E-state index contributed by atoms with van der Waals surface area (Å²) in [5.74, 6) is 0.797. The molecule has 0 amide bonds. The van der Waals surface area contributed by atoms with Crippen molar-refractivity contribution in [3.05, 3.63) is 35.4 Å². The highest BCUT2D eigenvalue weighted by molar-refractivity contribution is 5.99. The van der Waals surface area contributed by atoms with Crippen LogP contribution in [0, 0.1) is 0 Å². The van der Waals surface area contributed by atoms with Gasteiger partial charge in [-0.1, -0.05) is 38.0 Å². The predicted octanol–water partition coefficient (Wildman–Crippen LogP) is 3.95. The van der Waals surface area contributed by atoms with E-state index in [-0.39, 0.29) is 11.9 Å². The number of benzene rings is 1. The van der Waals surface area contributed by atoms with E-state index < -0.39 is 0 Å². The Hall–Kier alpha value is -1.15. The SMILES string of the molecule is CCCC(OC)C(=O)c1cccc(C2CCC2)c1. The Bertz CT molecular complexity index is 407. The van der Waals surface area contributed by atoms with E-state index in [0.717, 1.165) is 18.4 Å². The summed E-state index contributed by atoms with van der Waals surface area (Å²) in [4.78, 5) is 12.3. The van der Waals surface area contributed by atoms with Crippen LogP contribution in [0.25, 0.3) is 0 Å². The van der Waals surface area contributed by atoms with Crippen LogP contribution in [0.15, 0.2) is 24.3 Å². The number of ketones is 1. The number of Topliss-reactive ketones (excluding diaryl/α,β-unsaturated/α-hetero) is 1. The first-order chi connectivity index (χ1) is 8.76. The summed E-state index contributed by atoms with van der Waals surface area (Å²) in [6.07, 6.45) is 5.32. The highest BCUT2D eigenvalue weighted by Crippen LogP contribution is 2.36. The molecule has 0 spiro atoms. The van der Waals surface area contributed by atoms with Crippen molar-refractivity contribution < 1.29 is 9.53 Å². The van der Waals surface area contributed by atoms with Gasteiger partial charge in [0.15, 0.2) is 5.78 Å². The Labute approximate surface area is 109 Å². The summed E-state index contributed by atoms with van der Waals surface area (Å²) >= 11 is 0. The molecule has 1 atom stereocenters. The van der Waals surface area contributed by atoms with Crippen LogP contribution >= 0.6 is 0 Å². The molecule has 1 aliphatic rings. The third kappa shape index (κ3) is 2.81. The van der Waals surface area contributed by atoms with Crippen molar-refractivity contribution in [1.29, 1.82) is 0 Å². The smallest absolute Gasteiger partial charge is 0.191 e. The van der Waals surface area contributed by atoms with E-state index in [1.165, 1.54) is 24.8 Å². The van der Waals surface area contributed by atoms with Gasteiger partial charge in [-0.3, -0.25) is 4.79 Å². The quantitative estimate of drug-likeness (QED) is 0.710. The number of ether oxygens (including phenoxy) is 1. The Morgan fingerprint density at radius 1 is 1.44 bits per heavy atom. The molecular weight excluding hydrogens is 224 g/mol. The molecule has 1 unspecified atom stereocenters. The molecule has 18 heavy (non-hydrogen) atoms. The van der Waals surface area contributed by atoms with Crippen molar-refractivity contribution in [3.63, 3.8) is 0 Å². The molecule has 1 fully saturated rings. The van der Waals surface area contributed by atoms with E-state index in [4.69, 9.17) is 4.74 Å². The van der Waals surface area contributed by atoms with Crippen LogP contribution in [0.1, 0.15) is 60.9 Å². The summed E-state index contributed by atoms with van der Waals surface area (Å²) in [5, 5.41) is 0. The van der Waals surface area contributed by atoms with Gasteiger partial charge in [0, 0.05) is 12.7 Å². The van der Waals surface area contributed by atoms with Gasteiger partial charge in [-0.15, -0.1) is 0 Å². The lowest BCUT2D eigenvalue weighted by molar-refractivity contribution is 0.0578. The second-order valence-electron chi connectivity index (χ2n) is 5.13. The molecule has 2 rings (SSSR count). The van der Waals surface area contributed by atoms with Crippen molar-refractivity contribution in [2.45, 2.75) is 51.0 Å². The van der Waals surface area contributed by atoms with Gasteiger partial charge in [-0.25, -0.2) is 0 Å². The molecule has 0 bridgehead atoms. The highest BCUT2D eigenvalue weighted by Gasteiger charge is 2.22. The lowest BCUT2D eigenvalue weighted by Crippen LogP contribution is -2.23. The van der Waals surface area contributed by atoms with Crippen LogP contribution in [-0.4, -0.2) is 19.0 Å². The number of methoxy groups -OCH3 is 1. The van der Waals surface area contributed by atoms with Crippen LogP contribution in [0.3, 0.4) is 0 Å². The molecule has 0 saturated heterocycles. The molecule has 1 saturated carbocycles. The normalized spacial score (nSPS) is 17.2. The number of carbonyl (C=O) groups excluding carboxylic acids is 1. The molecule has 0 heterocycles. The van der Waals surface area contributed by atoms with E-state index in [2.05, 4.69) is 19.1 Å². The molecule has 0 radical (unpaired) electrons. The summed E-state index contributed by atoms with van der Waals surface area (Å²) in [5.41, 5.74) is 2.12. The zero-order valence-electron chi connectivity index (χ0n) is 11.3. The van der Waals surface area contributed by atoms with Crippen LogP contribution in [0.2, 0.25) is 0 Å². The van der Waals surface area contributed by atoms with Crippen LogP contribution in [-0.2, 0) is 4.74 Å². The van der Waals surface area contributed by atoms with Gasteiger partial charge in [-0.2, -0.15) is 0 Å². The van der Waals surface area contributed by atoms with Gasteiger partial charge in [-0.05, 0) is 36.8 Å². The maximum Gasteiger partial charge on any atom is 0.191 e. The minimum absolute atomic E-state index is 0.125. The third-order valence-corrected chi connectivity index (χ3v) is 3.88. The lowest BCUT2D eigenvalue weighted by atomic mass is 9.79. The molecule has 1 aromatic carbocycles. The zero-order valence-corrected chi connectivity index (χ0v) is 11.3. The molecule has 0 N–H and O–H groups in total. The van der Waals surface area contributed by atoms with Gasteiger partial charge < -0.3 is 4.74 Å².